The molecule has 2 saturated carbocycles. The monoisotopic (exact) mass is 1210 g/mol. The largest absolute Gasteiger partial charge is 0.744 e. The van der Waals surface area contributed by atoms with Gasteiger partial charge in [-0.25, -0.2) is 26.8 Å². The Morgan fingerprint density at radius 3 is 1.15 bits per heavy atom. The summed E-state index contributed by atoms with van der Waals surface area (Å²) in [6, 6.07) is 47.8. The van der Waals surface area contributed by atoms with Gasteiger partial charge in [-0.1, -0.05) is 184 Å². The number of likely N-dealkylation sites (N-methyl/N-ethyl adjacent to an activating group) is 2. The molecule has 2 aliphatic rings. The third-order valence-corrected chi connectivity index (χ3v) is 18.4. The Hall–Kier alpha value is -6.42. The molecule has 0 aliphatic heterocycles. The maximum absolute atomic E-state index is 12.0. The molecule has 2 fully saturated rings. The molecule has 0 unspecified atom stereocenters. The van der Waals surface area contributed by atoms with Gasteiger partial charge in [-0.3, -0.25) is 0 Å². The van der Waals surface area contributed by atoms with E-state index < -0.39 is 41.2 Å². The zero-order valence-electron chi connectivity index (χ0n) is 50.0. The number of hydrogen-bond donors (Lipinski definition) is 2. The highest BCUT2D eigenvalue weighted by atomic mass is 32.2. The fourth-order valence-corrected chi connectivity index (χ4v) is 13.2. The first-order chi connectivity index (χ1) is 41.2. The van der Waals surface area contributed by atoms with Crippen LogP contribution in [0.4, 0.5) is 0 Å². The van der Waals surface area contributed by atoms with Crippen molar-refractivity contribution in [2.75, 3.05) is 67.7 Å². The van der Waals surface area contributed by atoms with Crippen molar-refractivity contribution in [2.24, 2.45) is 11.8 Å². The van der Waals surface area contributed by atoms with Crippen LogP contribution in [-0.2, 0) is 66.8 Å². The van der Waals surface area contributed by atoms with Crippen LogP contribution >= 0.6 is 0 Å². The molecule has 2 atom stereocenters. The summed E-state index contributed by atoms with van der Waals surface area (Å²) < 4.78 is 91.9. The van der Waals surface area contributed by atoms with Crippen molar-refractivity contribution >= 4 is 31.0 Å². The summed E-state index contributed by atoms with van der Waals surface area (Å²) in [4.78, 5) is 8.12. The highest BCUT2D eigenvalue weighted by molar-refractivity contribution is 7.86. The van der Waals surface area contributed by atoms with Crippen molar-refractivity contribution in [3.8, 4) is 0 Å². The zero-order valence-corrected chi connectivity index (χ0v) is 51.7. The van der Waals surface area contributed by atoms with E-state index in [1.807, 2.05) is 72.8 Å². The lowest BCUT2D eigenvalue weighted by Crippen LogP contribution is -2.41. The van der Waals surface area contributed by atoms with Gasteiger partial charge in [0, 0.05) is 22.6 Å². The molecular weight excluding hydrogens is 1130 g/mol. The van der Waals surface area contributed by atoms with Gasteiger partial charge in [0.2, 0.25) is 11.8 Å². The van der Waals surface area contributed by atoms with Crippen LogP contribution < -0.4 is 0 Å². The summed E-state index contributed by atoms with van der Waals surface area (Å²) in [7, 11) is -0.782. The van der Waals surface area contributed by atoms with Gasteiger partial charge in [-0.2, -0.15) is 0 Å². The molecule has 0 radical (unpaired) electrons. The molecule has 0 saturated heterocycles. The van der Waals surface area contributed by atoms with E-state index in [0.29, 0.717) is 38.1 Å². The Kier molecular flexibility index (Phi) is 22.9. The summed E-state index contributed by atoms with van der Waals surface area (Å²) in [5, 5.41) is 23.8. The van der Waals surface area contributed by atoms with Crippen LogP contribution in [0.1, 0.15) is 110 Å². The van der Waals surface area contributed by atoms with E-state index in [2.05, 4.69) is 86.7 Å². The number of aromatic nitrogens is 2. The molecule has 10 rings (SSSR count). The molecular formula is C68H84N4O12S2. The van der Waals surface area contributed by atoms with Crippen LogP contribution in [0.5, 0.6) is 0 Å². The average molecular weight is 1210 g/mol. The highest BCUT2D eigenvalue weighted by Gasteiger charge is 2.46. The van der Waals surface area contributed by atoms with Crippen LogP contribution in [-0.4, -0.2) is 123 Å². The average Bonchev–Trinajstić information content (AvgIpc) is 1.49. The van der Waals surface area contributed by atoms with E-state index in [1.54, 1.807) is 12.4 Å². The first kappa shape index (κ1) is 65.6. The van der Waals surface area contributed by atoms with Gasteiger partial charge in [0.15, 0.2) is 22.7 Å². The van der Waals surface area contributed by atoms with Gasteiger partial charge in [-0.15, -0.1) is 0 Å². The van der Waals surface area contributed by atoms with E-state index in [0.717, 1.165) is 134 Å². The Bertz CT molecular complexity index is 3340. The predicted octanol–water partition coefficient (Wildman–Crippen LogP) is 11.3. The van der Waals surface area contributed by atoms with Gasteiger partial charge in [-0.05, 0) is 72.9 Å². The number of aliphatic hydroxyl groups is 2. The van der Waals surface area contributed by atoms with Crippen LogP contribution in [0.3, 0.4) is 0 Å². The SMILES string of the molecule is C[N+](C)(CCOCCc1ccccc1)Cc1cnc([C@](O)(c2ccccc2)C2CCCCC2)o1.C[N+](C)(CCOCCc1ccccc1)Cc1cnc([C@](O)(c2ccccc2)C2CCCCC2)o1.O=S(=O)([O-])c1cccc2c(S(=O)(=O)[O-])cccc12. The van der Waals surface area contributed by atoms with E-state index in [9.17, 15) is 36.2 Å². The Morgan fingerprint density at radius 1 is 0.477 bits per heavy atom. The summed E-state index contributed by atoms with van der Waals surface area (Å²) in [6.45, 7) is 5.97. The highest BCUT2D eigenvalue weighted by Crippen LogP contribution is 2.45. The molecule has 2 aromatic heterocycles. The van der Waals surface area contributed by atoms with Crippen molar-refractivity contribution in [3.05, 3.63) is 216 Å². The molecule has 2 heterocycles. The number of rotatable bonds is 24. The lowest BCUT2D eigenvalue weighted by molar-refractivity contribution is -0.904. The summed E-state index contributed by atoms with van der Waals surface area (Å²) >= 11 is 0. The standard InChI is InChI=1S/2C29H39N2O3.C10H8O6S2/c2*1-31(2,19-21-33-20-18-24-12-6-3-7-13-24)23-27-22-30-28(34-27)29(32,25-14-8-4-9-15-25)26-16-10-5-11-17-26;11-17(12,13)9-5-1-3-7-8(9)4-2-6-10(7)18(14,15)16/h2*3-4,6-9,12-15,22,26,32H,5,10-11,16-21,23H2,1-2H3;1-6H,(H,11,12,13)(H,14,15,16)/q2*+1;/p-2/t2*29-;/m00./s1. The number of fused-ring (bicyclic) bond motifs is 1. The van der Waals surface area contributed by atoms with Gasteiger partial charge < -0.3 is 46.6 Å². The lowest BCUT2D eigenvalue weighted by Gasteiger charge is -2.36. The predicted molar refractivity (Wildman–Crippen MR) is 328 cm³/mol. The number of quaternary nitrogens is 2. The second kappa shape index (κ2) is 30.0. The molecule has 18 heteroatoms. The van der Waals surface area contributed by atoms with Crippen LogP contribution in [0.25, 0.3) is 10.8 Å². The molecule has 2 aliphatic carbocycles. The summed E-state index contributed by atoms with van der Waals surface area (Å²) in [5.74, 6) is 2.70. The smallest absolute Gasteiger partial charge is 0.231 e. The van der Waals surface area contributed by atoms with Gasteiger partial charge >= 0.3 is 0 Å². The molecule has 0 bridgehead atoms. The maximum atomic E-state index is 12.0. The topological polar surface area (TPSA) is 225 Å². The van der Waals surface area contributed by atoms with Crippen LogP contribution in [0.15, 0.2) is 189 Å². The van der Waals surface area contributed by atoms with Crippen molar-refractivity contribution in [3.63, 3.8) is 0 Å². The summed E-state index contributed by atoms with van der Waals surface area (Å²) in [6.07, 6.45) is 16.4. The van der Waals surface area contributed by atoms with E-state index in [1.165, 1.54) is 48.2 Å². The van der Waals surface area contributed by atoms with E-state index >= 15 is 0 Å². The third kappa shape index (κ3) is 17.9. The third-order valence-electron chi connectivity index (χ3n) is 16.6. The quantitative estimate of drug-likeness (QED) is 0.0326. The first-order valence-electron chi connectivity index (χ1n) is 29.9. The minimum Gasteiger partial charge on any atom is -0.744 e. The molecule has 8 aromatic rings. The minimum atomic E-state index is -4.74. The van der Waals surface area contributed by atoms with Crippen molar-refractivity contribution in [2.45, 2.75) is 111 Å². The van der Waals surface area contributed by atoms with Crippen molar-refractivity contribution in [1.29, 1.82) is 0 Å². The number of benzene rings is 6. The van der Waals surface area contributed by atoms with Gasteiger partial charge in [0.1, 0.15) is 46.4 Å². The Morgan fingerprint density at radius 2 is 0.814 bits per heavy atom. The van der Waals surface area contributed by atoms with Gasteiger partial charge in [0.05, 0.1) is 76.8 Å². The fourth-order valence-electron chi connectivity index (χ4n) is 11.8. The first-order valence-corrected chi connectivity index (χ1v) is 32.7. The molecule has 86 heavy (non-hydrogen) atoms. The van der Waals surface area contributed by atoms with Crippen LogP contribution in [0, 0.1) is 11.8 Å². The van der Waals surface area contributed by atoms with Gasteiger partial charge in [0.25, 0.3) is 0 Å². The van der Waals surface area contributed by atoms with Crippen molar-refractivity contribution < 1.29 is 63.4 Å². The fraction of sp³-hybridized carbons (Fsp3) is 0.412. The van der Waals surface area contributed by atoms with Crippen molar-refractivity contribution in [1.82, 2.24) is 9.97 Å². The molecule has 0 amide bonds. The number of ether oxygens (including phenoxy) is 2. The van der Waals surface area contributed by atoms with E-state index in [-0.39, 0.29) is 22.6 Å². The molecule has 2 N–H and O–H groups in total. The number of nitrogens with zero attached hydrogens (tertiary/aromatic N) is 4. The maximum Gasteiger partial charge on any atom is 0.231 e. The number of oxazole rings is 2. The second-order valence-corrected chi connectivity index (χ2v) is 26.7. The molecule has 16 nitrogen and oxygen atoms in total. The Balaban J connectivity index is 0.000000176. The van der Waals surface area contributed by atoms with Crippen LogP contribution in [0.2, 0.25) is 0 Å². The molecule has 460 valence electrons. The molecule has 0 spiro atoms. The molecule has 6 aromatic carbocycles. The summed E-state index contributed by atoms with van der Waals surface area (Å²) in [5.41, 5.74) is 1.98. The zero-order chi connectivity index (χ0) is 61.3. The minimum absolute atomic E-state index is 0.0792. The second-order valence-electron chi connectivity index (χ2n) is 24.0. The lowest BCUT2D eigenvalue weighted by atomic mass is 9.73. The normalized spacial score (nSPS) is 16.0. The number of hydrogen-bond acceptors (Lipinski definition) is 14. The van der Waals surface area contributed by atoms with E-state index in [4.69, 9.17) is 18.3 Å². The Labute approximate surface area is 508 Å².